The third kappa shape index (κ3) is 2.48. The molecule has 0 aliphatic carbocycles. The summed E-state index contributed by atoms with van der Waals surface area (Å²) in [5.41, 5.74) is 6.51. The number of anilines is 1. The number of carbonyl (C=O) groups is 1. The number of aromatic nitrogens is 1. The van der Waals surface area contributed by atoms with Crippen LogP contribution in [-0.2, 0) is 0 Å². The van der Waals surface area contributed by atoms with Gasteiger partial charge >= 0.3 is 0 Å². The summed E-state index contributed by atoms with van der Waals surface area (Å²) in [6.07, 6.45) is 1.20. The smallest absolute Gasteiger partial charge is 0.250 e. The van der Waals surface area contributed by atoms with E-state index < -0.39 is 5.91 Å². The van der Waals surface area contributed by atoms with E-state index in [9.17, 15) is 4.79 Å². The van der Waals surface area contributed by atoms with Crippen LogP contribution in [0.2, 0.25) is 0 Å². The fraction of sp³-hybridized carbons (Fsp3) is 0.429. The average Bonchev–Trinajstić information content (AvgIpc) is 3.05. The number of benzene rings is 1. The van der Waals surface area contributed by atoms with Gasteiger partial charge in [0.05, 0.1) is 15.8 Å². The van der Waals surface area contributed by atoms with E-state index in [1.807, 2.05) is 13.1 Å². The van der Waals surface area contributed by atoms with E-state index in [-0.39, 0.29) is 0 Å². The lowest BCUT2D eigenvalue weighted by atomic mass is 10.1. The Balaban J connectivity index is 1.88. The van der Waals surface area contributed by atoms with E-state index in [0.29, 0.717) is 17.0 Å². The average molecular weight is 289 g/mol. The lowest BCUT2D eigenvalue weighted by Gasteiger charge is -2.19. The number of primary amides is 1. The van der Waals surface area contributed by atoms with Crippen molar-refractivity contribution in [3.8, 4) is 0 Å². The first kappa shape index (κ1) is 13.3. The molecule has 2 heterocycles. The highest BCUT2D eigenvalue weighted by Crippen LogP contribution is 2.30. The second-order valence-electron chi connectivity index (χ2n) is 5.18. The molecule has 1 aromatic heterocycles. The van der Waals surface area contributed by atoms with Crippen LogP contribution in [0.5, 0.6) is 0 Å². The van der Waals surface area contributed by atoms with Crippen molar-refractivity contribution in [1.82, 2.24) is 10.3 Å². The Hall–Kier alpha value is -1.66. The standard InChI is InChI=1S/C14H17N4OS/c1-18(8-9-5-6-16-7-9)14-17-12-10(13(15)19)3-2-4-11(12)20-14/h3-4,9,16H,5-8H2,1H3,(H2,15,19). The van der Waals surface area contributed by atoms with Crippen LogP contribution >= 0.6 is 11.3 Å². The summed E-state index contributed by atoms with van der Waals surface area (Å²) in [6, 6.07) is 6.41. The van der Waals surface area contributed by atoms with Crippen molar-refractivity contribution in [1.29, 1.82) is 0 Å². The molecule has 105 valence electrons. The maximum Gasteiger partial charge on any atom is 0.250 e. The lowest BCUT2D eigenvalue weighted by Crippen LogP contribution is -2.26. The number of thiazole rings is 1. The second-order valence-corrected chi connectivity index (χ2v) is 6.19. The maximum atomic E-state index is 11.4. The predicted molar refractivity (Wildman–Crippen MR) is 81.2 cm³/mol. The zero-order valence-corrected chi connectivity index (χ0v) is 12.2. The van der Waals surface area contributed by atoms with E-state index >= 15 is 0 Å². The summed E-state index contributed by atoms with van der Waals surface area (Å²) >= 11 is 1.58. The van der Waals surface area contributed by atoms with Gasteiger partial charge in [-0.2, -0.15) is 0 Å². The SMILES string of the molecule is CN(CC1CCNC1)c1nc2c(C(N)=O)c[c]cc2s1. The van der Waals surface area contributed by atoms with Gasteiger partial charge in [0.15, 0.2) is 5.13 Å². The quantitative estimate of drug-likeness (QED) is 0.888. The molecular weight excluding hydrogens is 272 g/mol. The van der Waals surface area contributed by atoms with Crippen molar-refractivity contribution in [3.05, 3.63) is 23.8 Å². The molecule has 0 spiro atoms. The van der Waals surface area contributed by atoms with Gasteiger partial charge in [0.1, 0.15) is 0 Å². The first-order valence-corrected chi connectivity index (χ1v) is 7.49. The molecule has 2 aromatic rings. The predicted octanol–water partition coefficient (Wildman–Crippen LogP) is 1.24. The molecule has 20 heavy (non-hydrogen) atoms. The van der Waals surface area contributed by atoms with E-state index in [1.54, 1.807) is 17.4 Å². The molecule has 1 aliphatic heterocycles. The number of rotatable bonds is 4. The van der Waals surface area contributed by atoms with Gasteiger partial charge in [-0.05, 0) is 43.6 Å². The number of fused-ring (bicyclic) bond motifs is 1. The Kier molecular flexibility index (Phi) is 3.58. The third-order valence-electron chi connectivity index (χ3n) is 3.63. The summed E-state index contributed by atoms with van der Waals surface area (Å²) < 4.78 is 0.952. The van der Waals surface area contributed by atoms with E-state index in [1.165, 1.54) is 6.42 Å². The number of nitrogens with one attached hydrogen (secondary N) is 1. The summed E-state index contributed by atoms with van der Waals surface area (Å²) in [7, 11) is 2.05. The molecule has 1 saturated heterocycles. The monoisotopic (exact) mass is 289 g/mol. The minimum atomic E-state index is -0.452. The Morgan fingerprint density at radius 3 is 3.20 bits per heavy atom. The molecule has 1 atom stereocenters. The number of hydrogen-bond donors (Lipinski definition) is 2. The minimum absolute atomic E-state index is 0.445. The van der Waals surface area contributed by atoms with Gasteiger partial charge in [0, 0.05) is 13.6 Å². The van der Waals surface area contributed by atoms with Gasteiger partial charge in [-0.25, -0.2) is 4.98 Å². The van der Waals surface area contributed by atoms with Gasteiger partial charge in [0.25, 0.3) is 5.91 Å². The summed E-state index contributed by atoms with van der Waals surface area (Å²) in [6.45, 7) is 3.14. The fourth-order valence-corrected chi connectivity index (χ4v) is 3.51. The molecule has 5 nitrogen and oxygen atoms in total. The van der Waals surface area contributed by atoms with Crippen LogP contribution in [0.25, 0.3) is 10.2 Å². The largest absolute Gasteiger partial charge is 0.366 e. The number of nitrogens with zero attached hydrogens (tertiary/aromatic N) is 2. The molecule has 0 saturated carbocycles. The highest BCUT2D eigenvalue weighted by molar-refractivity contribution is 7.22. The van der Waals surface area contributed by atoms with Gasteiger partial charge in [-0.1, -0.05) is 11.3 Å². The van der Waals surface area contributed by atoms with Gasteiger partial charge in [-0.15, -0.1) is 0 Å². The Labute approximate surface area is 121 Å². The first-order valence-electron chi connectivity index (χ1n) is 6.67. The third-order valence-corrected chi connectivity index (χ3v) is 4.74. The van der Waals surface area contributed by atoms with E-state index in [2.05, 4.69) is 21.3 Å². The van der Waals surface area contributed by atoms with E-state index in [4.69, 9.17) is 5.73 Å². The van der Waals surface area contributed by atoms with Crippen LogP contribution in [0, 0.1) is 12.0 Å². The van der Waals surface area contributed by atoms with Crippen molar-refractivity contribution in [3.63, 3.8) is 0 Å². The molecule has 1 amide bonds. The van der Waals surface area contributed by atoms with Gasteiger partial charge < -0.3 is 16.0 Å². The van der Waals surface area contributed by atoms with Crippen LogP contribution < -0.4 is 16.0 Å². The Morgan fingerprint density at radius 1 is 1.65 bits per heavy atom. The molecule has 3 N–H and O–H groups in total. The molecule has 1 aromatic carbocycles. The van der Waals surface area contributed by atoms with Gasteiger partial charge in [-0.3, -0.25) is 4.79 Å². The molecular formula is C14H17N4OS. The molecule has 1 radical (unpaired) electrons. The van der Waals surface area contributed by atoms with Gasteiger partial charge in [0.2, 0.25) is 0 Å². The fourth-order valence-electron chi connectivity index (χ4n) is 2.57. The molecule has 3 rings (SSSR count). The zero-order chi connectivity index (χ0) is 14.1. The molecule has 6 heteroatoms. The normalized spacial score (nSPS) is 18.6. The number of carbonyl (C=O) groups excluding carboxylic acids is 1. The summed E-state index contributed by atoms with van der Waals surface area (Å²) in [4.78, 5) is 18.2. The number of nitrogens with two attached hydrogens (primary N) is 1. The van der Waals surface area contributed by atoms with Crippen LogP contribution in [-0.4, -0.2) is 37.6 Å². The topological polar surface area (TPSA) is 71.2 Å². The number of hydrogen-bond acceptors (Lipinski definition) is 5. The van der Waals surface area contributed by atoms with Crippen molar-refractivity contribution in [2.75, 3.05) is 31.6 Å². The molecule has 1 aliphatic rings. The molecule has 1 fully saturated rings. The second kappa shape index (κ2) is 5.38. The summed E-state index contributed by atoms with van der Waals surface area (Å²) in [5, 5.41) is 4.29. The Bertz CT molecular complexity index is 633. The van der Waals surface area contributed by atoms with Crippen LogP contribution in [0.1, 0.15) is 16.8 Å². The number of amides is 1. The van der Waals surface area contributed by atoms with Crippen LogP contribution in [0.4, 0.5) is 5.13 Å². The van der Waals surface area contributed by atoms with Crippen LogP contribution in [0.15, 0.2) is 12.1 Å². The van der Waals surface area contributed by atoms with Crippen molar-refractivity contribution in [2.24, 2.45) is 11.7 Å². The maximum absolute atomic E-state index is 11.4. The molecule has 0 bridgehead atoms. The summed E-state index contributed by atoms with van der Waals surface area (Å²) in [5.74, 6) is 0.209. The highest BCUT2D eigenvalue weighted by atomic mass is 32.1. The van der Waals surface area contributed by atoms with E-state index in [0.717, 1.165) is 29.5 Å². The highest BCUT2D eigenvalue weighted by Gasteiger charge is 2.19. The zero-order valence-electron chi connectivity index (χ0n) is 11.3. The lowest BCUT2D eigenvalue weighted by molar-refractivity contribution is 0.100. The first-order chi connectivity index (χ1) is 9.65. The van der Waals surface area contributed by atoms with Crippen molar-refractivity contribution >= 4 is 32.6 Å². The van der Waals surface area contributed by atoms with Crippen molar-refractivity contribution < 1.29 is 4.79 Å². The van der Waals surface area contributed by atoms with Crippen molar-refractivity contribution in [2.45, 2.75) is 6.42 Å². The molecule has 1 unspecified atom stereocenters. The van der Waals surface area contributed by atoms with Crippen LogP contribution in [0.3, 0.4) is 0 Å². The Morgan fingerprint density at radius 2 is 2.50 bits per heavy atom. The minimum Gasteiger partial charge on any atom is -0.366 e.